The van der Waals surface area contributed by atoms with E-state index < -0.39 is 0 Å². The van der Waals surface area contributed by atoms with Crippen LogP contribution in [0.1, 0.15) is 23.0 Å². The average Bonchev–Trinajstić information content (AvgIpc) is 3.26. The Kier molecular flexibility index (Phi) is 5.15. The molecule has 1 N–H and O–H groups in total. The molecule has 2 aromatic carbocycles. The Labute approximate surface area is 169 Å². The van der Waals surface area contributed by atoms with Gasteiger partial charge in [0.15, 0.2) is 0 Å². The standard InChI is InChI=1S/C20H17FN4OS2/c1-3-27-14-7-4-6-13(11-14)19(26)22-17-10-12(2)24-25(17)20-23-18-15(21)8-5-9-16(18)28-20/h4-11H,3H2,1-2H3,(H,22,26). The highest BCUT2D eigenvalue weighted by Gasteiger charge is 2.16. The highest BCUT2D eigenvalue weighted by Crippen LogP contribution is 2.29. The number of rotatable bonds is 5. The summed E-state index contributed by atoms with van der Waals surface area (Å²) in [5.74, 6) is 0.827. The van der Waals surface area contributed by atoms with Crippen molar-refractivity contribution in [2.45, 2.75) is 18.7 Å². The third-order valence-corrected chi connectivity index (χ3v) is 5.89. The van der Waals surface area contributed by atoms with Gasteiger partial charge in [-0.15, -0.1) is 11.8 Å². The molecule has 8 heteroatoms. The number of thiazole rings is 1. The minimum atomic E-state index is -0.375. The van der Waals surface area contributed by atoms with E-state index in [-0.39, 0.29) is 11.7 Å². The number of benzene rings is 2. The number of carbonyl (C=O) groups is 1. The maximum Gasteiger partial charge on any atom is 0.256 e. The van der Waals surface area contributed by atoms with Crippen LogP contribution in [0.3, 0.4) is 0 Å². The number of halogens is 1. The summed E-state index contributed by atoms with van der Waals surface area (Å²) in [4.78, 5) is 18.2. The minimum absolute atomic E-state index is 0.230. The third-order valence-electron chi connectivity index (χ3n) is 4.02. The van der Waals surface area contributed by atoms with E-state index in [0.29, 0.717) is 22.0 Å². The molecule has 0 aliphatic carbocycles. The fraction of sp³-hybridized carbons (Fsp3) is 0.150. The van der Waals surface area contributed by atoms with Gasteiger partial charge in [-0.25, -0.2) is 9.37 Å². The number of fused-ring (bicyclic) bond motifs is 1. The van der Waals surface area contributed by atoms with Gasteiger partial charge in [-0.2, -0.15) is 9.78 Å². The summed E-state index contributed by atoms with van der Waals surface area (Å²) in [5, 5.41) is 7.82. The fourth-order valence-corrected chi connectivity index (χ4v) is 4.47. The van der Waals surface area contributed by atoms with Crippen LogP contribution in [0.5, 0.6) is 0 Å². The second-order valence-corrected chi connectivity index (χ2v) is 8.43. The molecule has 1 amide bonds. The number of hydrogen-bond donors (Lipinski definition) is 1. The number of carbonyl (C=O) groups excluding carboxylic acids is 1. The summed E-state index contributed by atoms with van der Waals surface area (Å²) < 4.78 is 16.3. The quantitative estimate of drug-likeness (QED) is 0.452. The zero-order valence-corrected chi connectivity index (χ0v) is 16.9. The van der Waals surface area contributed by atoms with Crippen molar-refractivity contribution in [3.8, 4) is 5.13 Å². The van der Waals surface area contributed by atoms with E-state index in [2.05, 4.69) is 22.3 Å². The molecule has 142 valence electrons. The highest BCUT2D eigenvalue weighted by atomic mass is 32.2. The van der Waals surface area contributed by atoms with Gasteiger partial charge in [0.05, 0.1) is 10.4 Å². The third kappa shape index (κ3) is 3.65. The maximum absolute atomic E-state index is 14.0. The Morgan fingerprint density at radius 1 is 1.25 bits per heavy atom. The van der Waals surface area contributed by atoms with Crippen LogP contribution in [-0.2, 0) is 0 Å². The van der Waals surface area contributed by atoms with E-state index >= 15 is 0 Å². The van der Waals surface area contributed by atoms with Gasteiger partial charge in [0.1, 0.15) is 17.2 Å². The van der Waals surface area contributed by atoms with Crippen LogP contribution in [0.25, 0.3) is 15.3 Å². The van der Waals surface area contributed by atoms with Gasteiger partial charge in [-0.05, 0) is 43.0 Å². The van der Waals surface area contributed by atoms with E-state index in [9.17, 15) is 9.18 Å². The zero-order chi connectivity index (χ0) is 19.7. The summed E-state index contributed by atoms with van der Waals surface area (Å²) >= 11 is 3.00. The van der Waals surface area contributed by atoms with Crippen molar-refractivity contribution < 1.29 is 9.18 Å². The van der Waals surface area contributed by atoms with Crippen molar-refractivity contribution in [2.24, 2.45) is 0 Å². The smallest absolute Gasteiger partial charge is 0.256 e. The van der Waals surface area contributed by atoms with E-state index in [0.717, 1.165) is 21.0 Å². The number of aryl methyl sites for hydroxylation is 1. The van der Waals surface area contributed by atoms with Crippen LogP contribution in [0, 0.1) is 12.7 Å². The molecule has 0 aliphatic heterocycles. The molecule has 2 heterocycles. The van der Waals surface area contributed by atoms with Gasteiger partial charge in [-0.3, -0.25) is 4.79 Å². The number of amides is 1. The topological polar surface area (TPSA) is 59.8 Å². The van der Waals surface area contributed by atoms with Crippen molar-refractivity contribution in [1.82, 2.24) is 14.8 Å². The lowest BCUT2D eigenvalue weighted by molar-refractivity contribution is 0.102. The van der Waals surface area contributed by atoms with Gasteiger partial charge < -0.3 is 5.32 Å². The molecule has 4 aromatic rings. The highest BCUT2D eigenvalue weighted by molar-refractivity contribution is 7.99. The molecule has 4 rings (SSSR count). The molecule has 0 unspecified atom stereocenters. The van der Waals surface area contributed by atoms with Crippen LogP contribution < -0.4 is 5.32 Å². The van der Waals surface area contributed by atoms with Crippen molar-refractivity contribution in [3.63, 3.8) is 0 Å². The number of nitrogens with zero attached hydrogens (tertiary/aromatic N) is 3. The second kappa shape index (κ2) is 7.73. The molecule has 0 saturated heterocycles. The fourth-order valence-electron chi connectivity index (χ4n) is 2.81. The average molecular weight is 413 g/mol. The van der Waals surface area contributed by atoms with Gasteiger partial charge in [-0.1, -0.05) is 30.4 Å². The Hall–Kier alpha value is -2.71. The summed E-state index contributed by atoms with van der Waals surface area (Å²) in [6.07, 6.45) is 0. The molecule has 0 bridgehead atoms. The first-order valence-corrected chi connectivity index (χ1v) is 10.5. The summed E-state index contributed by atoms with van der Waals surface area (Å²) in [6.45, 7) is 3.90. The van der Waals surface area contributed by atoms with Gasteiger partial charge in [0, 0.05) is 16.5 Å². The van der Waals surface area contributed by atoms with E-state index in [1.54, 1.807) is 34.6 Å². The Bertz CT molecular complexity index is 1170. The summed E-state index contributed by atoms with van der Waals surface area (Å²) in [7, 11) is 0. The Morgan fingerprint density at radius 3 is 2.86 bits per heavy atom. The maximum atomic E-state index is 14.0. The van der Waals surface area contributed by atoms with Crippen LogP contribution in [-0.4, -0.2) is 26.4 Å². The minimum Gasteiger partial charge on any atom is -0.306 e. The van der Waals surface area contributed by atoms with Crippen LogP contribution in [0.2, 0.25) is 0 Å². The lowest BCUT2D eigenvalue weighted by Crippen LogP contribution is -2.15. The number of aromatic nitrogens is 3. The molecule has 0 saturated carbocycles. The molecule has 5 nitrogen and oxygen atoms in total. The van der Waals surface area contributed by atoms with Gasteiger partial charge in [0.2, 0.25) is 5.13 Å². The summed E-state index contributed by atoms with van der Waals surface area (Å²) in [5.41, 5.74) is 1.60. The van der Waals surface area contributed by atoms with Crippen LogP contribution in [0.15, 0.2) is 53.4 Å². The van der Waals surface area contributed by atoms with E-state index in [1.165, 1.54) is 17.4 Å². The van der Waals surface area contributed by atoms with E-state index in [4.69, 9.17) is 0 Å². The number of para-hydroxylation sites is 1. The summed E-state index contributed by atoms with van der Waals surface area (Å²) in [6, 6.07) is 14.1. The lowest BCUT2D eigenvalue weighted by Gasteiger charge is -2.07. The van der Waals surface area contributed by atoms with Crippen LogP contribution >= 0.6 is 23.1 Å². The number of anilines is 1. The monoisotopic (exact) mass is 412 g/mol. The number of nitrogens with one attached hydrogen (secondary N) is 1. The first-order chi connectivity index (χ1) is 13.5. The molecule has 2 aromatic heterocycles. The van der Waals surface area contributed by atoms with Crippen LogP contribution in [0.4, 0.5) is 10.2 Å². The molecule has 0 atom stereocenters. The first-order valence-electron chi connectivity index (χ1n) is 8.71. The van der Waals surface area contributed by atoms with Gasteiger partial charge in [0.25, 0.3) is 5.91 Å². The first kappa shape index (κ1) is 18.6. The molecule has 0 aliphatic rings. The zero-order valence-electron chi connectivity index (χ0n) is 15.3. The molecular formula is C20H17FN4OS2. The second-order valence-electron chi connectivity index (χ2n) is 6.08. The van der Waals surface area contributed by atoms with E-state index in [1.807, 2.05) is 31.2 Å². The number of thioether (sulfide) groups is 1. The predicted octanol–water partition coefficient (Wildman–Crippen LogP) is 5.29. The molecule has 0 fully saturated rings. The van der Waals surface area contributed by atoms with Crippen molar-refractivity contribution >= 4 is 45.0 Å². The number of hydrogen-bond acceptors (Lipinski definition) is 5. The van der Waals surface area contributed by atoms with Crippen molar-refractivity contribution in [1.29, 1.82) is 0 Å². The molecule has 0 spiro atoms. The van der Waals surface area contributed by atoms with Gasteiger partial charge >= 0.3 is 0 Å². The largest absolute Gasteiger partial charge is 0.306 e. The van der Waals surface area contributed by atoms with Crippen molar-refractivity contribution in [3.05, 3.63) is 65.6 Å². The lowest BCUT2D eigenvalue weighted by atomic mass is 10.2. The SMILES string of the molecule is CCSc1cccc(C(=O)Nc2cc(C)nn2-c2nc3c(F)cccc3s2)c1. The normalized spacial score (nSPS) is 11.1. The molecule has 28 heavy (non-hydrogen) atoms. The molecule has 0 radical (unpaired) electrons. The predicted molar refractivity (Wildman–Crippen MR) is 112 cm³/mol. The Balaban J connectivity index is 1.67. The molecular weight excluding hydrogens is 395 g/mol. The Morgan fingerprint density at radius 2 is 2.07 bits per heavy atom. The van der Waals surface area contributed by atoms with Crippen molar-refractivity contribution in [2.75, 3.05) is 11.1 Å².